The number of hydrogen-bond acceptors (Lipinski definition) is 6. The number of hydrogen-bond donors (Lipinski definition) is 0. The molecule has 7 nitrogen and oxygen atoms in total. The minimum absolute atomic E-state index is 0.00676. The zero-order valence-electron chi connectivity index (χ0n) is 18.7. The van der Waals surface area contributed by atoms with Gasteiger partial charge in [-0.15, -0.1) is 0 Å². The van der Waals surface area contributed by atoms with Gasteiger partial charge in [0.1, 0.15) is 17.4 Å². The van der Waals surface area contributed by atoms with Crippen LogP contribution in [-0.4, -0.2) is 72.5 Å². The molecule has 32 heavy (non-hydrogen) atoms. The van der Waals surface area contributed by atoms with Crippen molar-refractivity contribution in [1.29, 1.82) is 0 Å². The molecule has 1 saturated heterocycles. The van der Waals surface area contributed by atoms with Gasteiger partial charge in [-0.1, -0.05) is 18.2 Å². The molecule has 2 fully saturated rings. The zero-order chi connectivity index (χ0) is 23.7. The number of methoxy groups -OCH3 is 1. The molecule has 1 heterocycles. The molecule has 3 rings (SSSR count). The fourth-order valence-electron chi connectivity index (χ4n) is 3.73. The number of ether oxygens (including phenoxy) is 3. The van der Waals surface area contributed by atoms with Crippen molar-refractivity contribution in [3.8, 4) is 5.75 Å². The number of esters is 1. The summed E-state index contributed by atoms with van der Waals surface area (Å²) in [5.74, 6) is -0.589. The van der Waals surface area contributed by atoms with E-state index in [1.54, 1.807) is 26.8 Å². The van der Waals surface area contributed by atoms with Gasteiger partial charge >= 0.3 is 18.2 Å². The van der Waals surface area contributed by atoms with Gasteiger partial charge < -0.3 is 19.1 Å². The van der Waals surface area contributed by atoms with Crippen LogP contribution >= 0.6 is 0 Å². The molecular weight excluding hydrogens is 429 g/mol. The van der Waals surface area contributed by atoms with E-state index in [2.05, 4.69) is 0 Å². The Morgan fingerprint density at radius 1 is 1.03 bits per heavy atom. The Kier molecular flexibility index (Phi) is 6.65. The summed E-state index contributed by atoms with van der Waals surface area (Å²) in [4.78, 5) is 27.0. The molecule has 1 atom stereocenters. The van der Waals surface area contributed by atoms with Crippen molar-refractivity contribution in [1.82, 2.24) is 9.80 Å². The van der Waals surface area contributed by atoms with E-state index >= 15 is 0 Å². The lowest BCUT2D eigenvalue weighted by Gasteiger charge is -2.40. The van der Waals surface area contributed by atoms with Gasteiger partial charge in [0.15, 0.2) is 0 Å². The molecule has 1 amide bonds. The molecule has 0 spiro atoms. The van der Waals surface area contributed by atoms with E-state index in [9.17, 15) is 22.8 Å². The Hall–Kier alpha value is -2.49. The highest BCUT2D eigenvalue weighted by Crippen LogP contribution is 2.46. The number of piperazine rings is 1. The van der Waals surface area contributed by atoms with Crippen molar-refractivity contribution in [3.63, 3.8) is 0 Å². The maximum absolute atomic E-state index is 14.2. The highest BCUT2D eigenvalue weighted by molar-refractivity contribution is 5.83. The first kappa shape index (κ1) is 24.2. The summed E-state index contributed by atoms with van der Waals surface area (Å²) in [5.41, 5.74) is -1.98. The van der Waals surface area contributed by atoms with E-state index in [0.29, 0.717) is 12.8 Å². The normalized spacial score (nSPS) is 19.8. The van der Waals surface area contributed by atoms with Crippen LogP contribution in [0.5, 0.6) is 5.75 Å². The third-order valence-electron chi connectivity index (χ3n) is 5.42. The van der Waals surface area contributed by atoms with E-state index in [-0.39, 0.29) is 37.5 Å². The van der Waals surface area contributed by atoms with Gasteiger partial charge in [-0.3, -0.25) is 4.90 Å². The summed E-state index contributed by atoms with van der Waals surface area (Å²) < 4.78 is 58.6. The molecule has 1 aromatic carbocycles. The van der Waals surface area contributed by atoms with Gasteiger partial charge in [-0.25, -0.2) is 9.59 Å². The maximum atomic E-state index is 14.2. The standard InChI is InChI=1S/C22H29F3N2O5/c1-20(2,3)32-19(29)27-13-11-26(12-14-27)17(22(23,24)25)15-7-5-6-8-16(15)31-21(9-10-21)18(28)30-4/h5-8,17H,9-14H2,1-4H3. The van der Waals surface area contributed by atoms with Gasteiger partial charge in [-0.05, 0) is 26.8 Å². The van der Waals surface area contributed by atoms with Crippen LogP contribution in [0.15, 0.2) is 24.3 Å². The Morgan fingerprint density at radius 3 is 2.12 bits per heavy atom. The summed E-state index contributed by atoms with van der Waals surface area (Å²) in [7, 11) is 1.22. The minimum atomic E-state index is -4.59. The van der Waals surface area contributed by atoms with E-state index in [1.165, 1.54) is 35.1 Å². The largest absolute Gasteiger partial charge is 0.475 e. The van der Waals surface area contributed by atoms with Crippen LogP contribution in [0.4, 0.5) is 18.0 Å². The van der Waals surface area contributed by atoms with Crippen molar-refractivity contribution in [2.75, 3.05) is 33.3 Å². The summed E-state index contributed by atoms with van der Waals surface area (Å²) in [5, 5.41) is 0. The number of amides is 1. The molecule has 0 N–H and O–H groups in total. The quantitative estimate of drug-likeness (QED) is 0.623. The number of rotatable bonds is 5. The lowest BCUT2D eigenvalue weighted by Crippen LogP contribution is -2.53. The summed E-state index contributed by atoms with van der Waals surface area (Å²) in [6.45, 7) is 5.45. The lowest BCUT2D eigenvalue weighted by atomic mass is 10.0. The van der Waals surface area contributed by atoms with Gasteiger partial charge in [-0.2, -0.15) is 13.2 Å². The molecule has 0 aromatic heterocycles. The van der Waals surface area contributed by atoms with Crippen LogP contribution in [-0.2, 0) is 14.3 Å². The molecule has 1 saturated carbocycles. The summed E-state index contributed by atoms with van der Waals surface area (Å²) >= 11 is 0. The second kappa shape index (κ2) is 8.80. The average molecular weight is 458 g/mol. The van der Waals surface area contributed by atoms with E-state index < -0.39 is 35.5 Å². The molecule has 10 heteroatoms. The SMILES string of the molecule is COC(=O)C1(Oc2ccccc2C(N2CCN(C(=O)OC(C)(C)C)CC2)C(F)(F)F)CC1. The molecule has 1 aromatic rings. The first-order valence-electron chi connectivity index (χ1n) is 10.5. The summed E-state index contributed by atoms with van der Waals surface area (Å²) in [6.07, 6.45) is -4.35. The van der Waals surface area contributed by atoms with E-state index in [0.717, 1.165) is 0 Å². The maximum Gasteiger partial charge on any atom is 0.410 e. The molecule has 1 aliphatic heterocycles. The Balaban J connectivity index is 1.80. The van der Waals surface area contributed by atoms with Crippen LogP contribution in [0.3, 0.4) is 0 Å². The second-order valence-electron chi connectivity index (χ2n) is 9.07. The van der Waals surface area contributed by atoms with Gasteiger partial charge in [0.05, 0.1) is 7.11 Å². The number of benzene rings is 1. The molecule has 1 unspecified atom stereocenters. The number of nitrogens with zero attached hydrogens (tertiary/aromatic N) is 2. The monoisotopic (exact) mass is 458 g/mol. The van der Waals surface area contributed by atoms with Crippen LogP contribution < -0.4 is 4.74 Å². The van der Waals surface area contributed by atoms with Crippen LogP contribution in [0, 0.1) is 0 Å². The molecule has 2 aliphatic rings. The van der Waals surface area contributed by atoms with Crippen LogP contribution in [0.2, 0.25) is 0 Å². The van der Waals surface area contributed by atoms with E-state index in [1.807, 2.05) is 0 Å². The highest BCUT2D eigenvalue weighted by Gasteiger charge is 2.55. The number of carbonyl (C=O) groups is 2. The summed E-state index contributed by atoms with van der Waals surface area (Å²) in [6, 6.07) is 3.94. The first-order chi connectivity index (χ1) is 14.9. The Bertz CT molecular complexity index is 841. The van der Waals surface area contributed by atoms with Crippen molar-refractivity contribution < 1.29 is 37.0 Å². The molecule has 0 radical (unpaired) electrons. The lowest BCUT2D eigenvalue weighted by molar-refractivity contribution is -0.190. The highest BCUT2D eigenvalue weighted by atomic mass is 19.4. The van der Waals surface area contributed by atoms with Gasteiger partial charge in [0.2, 0.25) is 5.60 Å². The van der Waals surface area contributed by atoms with Gasteiger partial charge in [0, 0.05) is 44.6 Å². The third kappa shape index (κ3) is 5.46. The van der Waals surface area contributed by atoms with Crippen molar-refractivity contribution in [2.45, 2.75) is 57.0 Å². The number of halogens is 3. The topological polar surface area (TPSA) is 68.3 Å². The number of carbonyl (C=O) groups excluding carboxylic acids is 2. The van der Waals surface area contributed by atoms with Crippen LogP contribution in [0.25, 0.3) is 0 Å². The fraction of sp³-hybridized carbons (Fsp3) is 0.636. The molecule has 0 bridgehead atoms. The Labute approximate surface area is 185 Å². The second-order valence-corrected chi connectivity index (χ2v) is 9.07. The van der Waals surface area contributed by atoms with Crippen molar-refractivity contribution in [3.05, 3.63) is 29.8 Å². The van der Waals surface area contributed by atoms with Gasteiger partial charge in [0.25, 0.3) is 0 Å². The number of para-hydroxylation sites is 1. The molecule has 1 aliphatic carbocycles. The third-order valence-corrected chi connectivity index (χ3v) is 5.42. The predicted molar refractivity (Wildman–Crippen MR) is 109 cm³/mol. The smallest absolute Gasteiger partial charge is 0.410 e. The zero-order valence-corrected chi connectivity index (χ0v) is 18.7. The Morgan fingerprint density at radius 2 is 1.62 bits per heavy atom. The first-order valence-corrected chi connectivity index (χ1v) is 10.5. The van der Waals surface area contributed by atoms with E-state index in [4.69, 9.17) is 14.2 Å². The fourth-order valence-corrected chi connectivity index (χ4v) is 3.73. The van der Waals surface area contributed by atoms with Crippen molar-refractivity contribution >= 4 is 12.1 Å². The predicted octanol–water partition coefficient (Wildman–Crippen LogP) is 3.93. The minimum Gasteiger partial charge on any atom is -0.475 e. The van der Waals surface area contributed by atoms with Crippen molar-refractivity contribution in [2.24, 2.45) is 0 Å². The number of alkyl halides is 3. The molecular formula is C22H29F3N2O5. The molecule has 178 valence electrons. The average Bonchev–Trinajstić information content (AvgIpc) is 3.48. The van der Waals surface area contributed by atoms with Crippen LogP contribution in [0.1, 0.15) is 45.2 Å².